The van der Waals surface area contributed by atoms with Crippen molar-refractivity contribution < 1.29 is 4.79 Å². The van der Waals surface area contributed by atoms with E-state index >= 15 is 0 Å². The lowest BCUT2D eigenvalue weighted by atomic mass is 10.1. The van der Waals surface area contributed by atoms with Gasteiger partial charge in [0.1, 0.15) is 18.2 Å². The average molecular weight is 375 g/mol. The van der Waals surface area contributed by atoms with Crippen LogP contribution in [0, 0.1) is 0 Å². The molecule has 0 aliphatic heterocycles. The maximum atomic E-state index is 12.8. The van der Waals surface area contributed by atoms with Crippen LogP contribution in [0.2, 0.25) is 0 Å². The summed E-state index contributed by atoms with van der Waals surface area (Å²) in [5.74, 6) is 0.818. The van der Waals surface area contributed by atoms with E-state index in [-0.39, 0.29) is 5.91 Å². The highest BCUT2D eigenvalue weighted by Gasteiger charge is 2.22. The summed E-state index contributed by atoms with van der Waals surface area (Å²) >= 11 is 0. The van der Waals surface area contributed by atoms with Gasteiger partial charge in [-0.25, -0.2) is 9.67 Å². The summed E-state index contributed by atoms with van der Waals surface area (Å²) in [4.78, 5) is 17.5. The number of aryl methyl sites for hydroxylation is 1. The number of rotatable bonds is 7. The Morgan fingerprint density at radius 3 is 2.64 bits per heavy atom. The Hall–Kier alpha value is -3.55. The van der Waals surface area contributed by atoms with Gasteiger partial charge in [-0.3, -0.25) is 4.79 Å². The molecule has 0 spiro atoms. The van der Waals surface area contributed by atoms with E-state index in [1.54, 1.807) is 0 Å². The zero-order valence-corrected chi connectivity index (χ0v) is 15.6. The van der Waals surface area contributed by atoms with Crippen LogP contribution in [-0.4, -0.2) is 42.2 Å². The number of amides is 1. The quantitative estimate of drug-likeness (QED) is 0.531. The van der Waals surface area contributed by atoms with E-state index in [1.165, 1.54) is 11.0 Å². The fourth-order valence-electron chi connectivity index (χ4n) is 3.29. The van der Waals surface area contributed by atoms with Gasteiger partial charge in [0, 0.05) is 26.4 Å². The summed E-state index contributed by atoms with van der Waals surface area (Å²) in [6, 6.07) is 17.3. The van der Waals surface area contributed by atoms with Gasteiger partial charge in [-0.1, -0.05) is 42.5 Å². The molecule has 4 rings (SSSR count). The van der Waals surface area contributed by atoms with Crippen LogP contribution in [0.1, 0.15) is 17.4 Å². The van der Waals surface area contributed by atoms with E-state index in [9.17, 15) is 4.79 Å². The first kappa shape index (κ1) is 17.8. The summed E-state index contributed by atoms with van der Waals surface area (Å²) in [5, 5.41) is 14.3. The normalized spacial score (nSPS) is 12.2. The second-order valence-electron chi connectivity index (χ2n) is 6.61. The third-order valence-corrected chi connectivity index (χ3v) is 4.79. The molecule has 0 aliphatic rings. The highest BCUT2D eigenvalue weighted by atomic mass is 16.2. The van der Waals surface area contributed by atoms with Crippen molar-refractivity contribution in [2.45, 2.75) is 18.9 Å². The number of tetrazole rings is 1. The number of carbonyl (C=O) groups is 1. The van der Waals surface area contributed by atoms with E-state index in [1.807, 2.05) is 61.6 Å². The molecule has 0 saturated heterocycles. The number of nitrogens with one attached hydrogen (secondary N) is 1. The smallest absolute Gasteiger partial charge is 0.245 e. The van der Waals surface area contributed by atoms with Crippen LogP contribution < -0.4 is 5.32 Å². The number of hydrogen-bond donors (Lipinski definition) is 1. The van der Waals surface area contributed by atoms with Crippen LogP contribution in [0.5, 0.6) is 0 Å². The molecule has 2 aromatic carbocycles. The van der Waals surface area contributed by atoms with Gasteiger partial charge in [0.25, 0.3) is 0 Å². The topological polar surface area (TPSA) is 90.5 Å². The molecule has 2 heterocycles. The van der Waals surface area contributed by atoms with Gasteiger partial charge in [0.15, 0.2) is 0 Å². The maximum Gasteiger partial charge on any atom is 0.245 e. The SMILES string of the molecule is Cn1c(CCNC(=O)[C@@H](Cc2ccccc2)n2cnnn2)nc2ccccc21. The summed E-state index contributed by atoms with van der Waals surface area (Å²) in [5.41, 5.74) is 3.09. The van der Waals surface area contributed by atoms with Crippen molar-refractivity contribution in [1.29, 1.82) is 0 Å². The molecule has 0 unspecified atom stereocenters. The summed E-state index contributed by atoms with van der Waals surface area (Å²) in [7, 11) is 1.99. The van der Waals surface area contributed by atoms with Crippen molar-refractivity contribution in [3.8, 4) is 0 Å². The van der Waals surface area contributed by atoms with E-state index in [4.69, 9.17) is 0 Å². The van der Waals surface area contributed by atoms with Gasteiger partial charge in [-0.15, -0.1) is 5.10 Å². The molecule has 0 aliphatic carbocycles. The first-order valence-electron chi connectivity index (χ1n) is 9.17. The molecule has 0 radical (unpaired) electrons. The molecule has 8 nitrogen and oxygen atoms in total. The Bertz CT molecular complexity index is 1060. The average Bonchev–Trinajstić information content (AvgIpc) is 3.36. The minimum absolute atomic E-state index is 0.116. The maximum absolute atomic E-state index is 12.8. The van der Waals surface area contributed by atoms with Crippen LogP contribution in [0.3, 0.4) is 0 Å². The second kappa shape index (κ2) is 7.99. The van der Waals surface area contributed by atoms with E-state index in [0.29, 0.717) is 19.4 Å². The first-order chi connectivity index (χ1) is 13.7. The Kier molecular flexibility index (Phi) is 5.09. The molecule has 1 amide bonds. The van der Waals surface area contributed by atoms with Crippen LogP contribution in [0.4, 0.5) is 0 Å². The first-order valence-corrected chi connectivity index (χ1v) is 9.17. The third kappa shape index (κ3) is 3.75. The van der Waals surface area contributed by atoms with Crippen LogP contribution in [0.15, 0.2) is 60.9 Å². The van der Waals surface area contributed by atoms with Crippen molar-refractivity contribution in [3.05, 3.63) is 72.3 Å². The predicted octanol–water partition coefficient (Wildman–Crippen LogP) is 1.70. The number of hydrogen-bond acceptors (Lipinski definition) is 5. The van der Waals surface area contributed by atoms with Gasteiger partial charge in [0.05, 0.1) is 11.0 Å². The Labute approximate surface area is 162 Å². The third-order valence-electron chi connectivity index (χ3n) is 4.79. The van der Waals surface area contributed by atoms with E-state index < -0.39 is 6.04 Å². The molecule has 8 heteroatoms. The van der Waals surface area contributed by atoms with Gasteiger partial charge in [0.2, 0.25) is 5.91 Å². The van der Waals surface area contributed by atoms with Crippen LogP contribution in [0.25, 0.3) is 11.0 Å². The van der Waals surface area contributed by atoms with E-state index in [2.05, 4.69) is 30.4 Å². The lowest BCUT2D eigenvalue weighted by Crippen LogP contribution is -2.35. The molecule has 4 aromatic rings. The molecular formula is C20H21N7O. The van der Waals surface area contributed by atoms with E-state index in [0.717, 1.165) is 22.4 Å². The second-order valence-corrected chi connectivity index (χ2v) is 6.61. The van der Waals surface area contributed by atoms with Gasteiger partial charge < -0.3 is 9.88 Å². The van der Waals surface area contributed by atoms with Crippen molar-refractivity contribution in [3.63, 3.8) is 0 Å². The molecule has 2 aromatic heterocycles. The van der Waals surface area contributed by atoms with Gasteiger partial charge >= 0.3 is 0 Å². The number of carbonyl (C=O) groups excluding carboxylic acids is 1. The molecule has 0 bridgehead atoms. The predicted molar refractivity (Wildman–Crippen MR) is 104 cm³/mol. The number of benzene rings is 2. The van der Waals surface area contributed by atoms with Crippen molar-refractivity contribution in [2.24, 2.45) is 7.05 Å². The number of imidazole rings is 1. The van der Waals surface area contributed by atoms with Crippen LogP contribution in [-0.2, 0) is 24.7 Å². The summed E-state index contributed by atoms with van der Waals surface area (Å²) < 4.78 is 3.56. The lowest BCUT2D eigenvalue weighted by Gasteiger charge is -2.16. The highest BCUT2D eigenvalue weighted by Crippen LogP contribution is 2.15. The number of para-hydroxylation sites is 2. The molecule has 142 valence electrons. The molecule has 0 saturated carbocycles. The summed E-state index contributed by atoms with van der Waals surface area (Å²) in [6.45, 7) is 0.489. The Balaban J connectivity index is 1.43. The monoisotopic (exact) mass is 375 g/mol. The molecule has 0 fully saturated rings. The number of aromatic nitrogens is 6. The minimum atomic E-state index is -0.502. The fourth-order valence-corrected chi connectivity index (χ4v) is 3.29. The van der Waals surface area contributed by atoms with Crippen molar-refractivity contribution in [1.82, 2.24) is 35.1 Å². The molecule has 28 heavy (non-hydrogen) atoms. The minimum Gasteiger partial charge on any atom is -0.354 e. The fraction of sp³-hybridized carbons (Fsp3) is 0.250. The number of nitrogens with zero attached hydrogens (tertiary/aromatic N) is 6. The zero-order chi connectivity index (χ0) is 19.3. The Morgan fingerprint density at radius 2 is 1.89 bits per heavy atom. The highest BCUT2D eigenvalue weighted by molar-refractivity contribution is 5.80. The lowest BCUT2D eigenvalue weighted by molar-refractivity contribution is -0.124. The number of fused-ring (bicyclic) bond motifs is 1. The van der Waals surface area contributed by atoms with Gasteiger partial charge in [-0.2, -0.15) is 0 Å². The van der Waals surface area contributed by atoms with Crippen molar-refractivity contribution >= 4 is 16.9 Å². The van der Waals surface area contributed by atoms with Crippen LogP contribution >= 0.6 is 0 Å². The molecule has 1 N–H and O–H groups in total. The standard InChI is InChI=1S/C20H21N7O/c1-26-17-10-6-5-9-16(17)23-19(26)11-12-21-20(28)18(27-14-22-24-25-27)13-15-7-3-2-4-8-15/h2-10,14,18H,11-13H2,1H3,(H,21,28)/t18-/m1/s1. The largest absolute Gasteiger partial charge is 0.354 e. The zero-order valence-electron chi connectivity index (χ0n) is 15.6. The molecular weight excluding hydrogens is 354 g/mol. The van der Waals surface area contributed by atoms with Gasteiger partial charge in [-0.05, 0) is 28.1 Å². The molecule has 1 atom stereocenters. The Morgan fingerprint density at radius 1 is 1.11 bits per heavy atom. The summed E-state index contributed by atoms with van der Waals surface area (Å²) in [6.07, 6.45) is 2.63. The van der Waals surface area contributed by atoms with Crippen molar-refractivity contribution in [2.75, 3.05) is 6.54 Å².